The first-order valence-corrected chi connectivity index (χ1v) is 6.54. The zero-order valence-corrected chi connectivity index (χ0v) is 11.4. The van der Waals surface area contributed by atoms with Gasteiger partial charge in [0.2, 0.25) is 0 Å². The van der Waals surface area contributed by atoms with Crippen LogP contribution >= 0.6 is 0 Å². The fourth-order valence-corrected chi connectivity index (χ4v) is 2.14. The van der Waals surface area contributed by atoms with E-state index in [4.69, 9.17) is 20.7 Å². The third-order valence-electron chi connectivity index (χ3n) is 3.43. The summed E-state index contributed by atoms with van der Waals surface area (Å²) in [5, 5.41) is 54.6. The average molecular weight is 318 g/mol. The quantitative estimate of drug-likeness (QED) is 0.314. The predicted molar refractivity (Wildman–Crippen MR) is 68.4 cm³/mol. The number of nitrogens with two attached hydrogens (primary N) is 1. The molecule has 11 nitrogen and oxygen atoms in total. The zero-order chi connectivity index (χ0) is 16.4. The summed E-state index contributed by atoms with van der Waals surface area (Å²) in [6, 6.07) is -1.15. The highest BCUT2D eigenvalue weighted by atomic mass is 16.6. The molecule has 1 unspecified atom stereocenters. The van der Waals surface area contributed by atoms with Crippen LogP contribution in [-0.4, -0.2) is 83.6 Å². The summed E-state index contributed by atoms with van der Waals surface area (Å²) < 4.78 is 6.36. The number of carbonyl (C=O) groups is 1. The fourth-order valence-electron chi connectivity index (χ4n) is 2.14. The summed E-state index contributed by atoms with van der Waals surface area (Å²) in [5.41, 5.74) is 5.64. The standard InChI is InChI=1S/C11H18N4O7/c12-5(11(20)21)1-4-2-15(14-13-4)10-9(19)8(18)7(17)6(3-16)22-10/h2,5-10,16-19H,1,3,12H2,(H,20,21)/t5?,6-,7+,8+,9-,10-/m1/s1. The number of aliphatic hydroxyl groups is 4. The largest absolute Gasteiger partial charge is 0.480 e. The minimum Gasteiger partial charge on any atom is -0.480 e. The summed E-state index contributed by atoms with van der Waals surface area (Å²) in [6.07, 6.45) is -5.53. The zero-order valence-electron chi connectivity index (χ0n) is 11.4. The number of aliphatic hydroxyl groups excluding tert-OH is 4. The van der Waals surface area contributed by atoms with Crippen LogP contribution in [-0.2, 0) is 16.0 Å². The second-order valence-corrected chi connectivity index (χ2v) is 5.06. The number of ether oxygens (including phenoxy) is 1. The number of nitrogens with zero attached hydrogens (tertiary/aromatic N) is 3. The van der Waals surface area contributed by atoms with Gasteiger partial charge in [-0.3, -0.25) is 4.79 Å². The normalized spacial score (nSPS) is 33.6. The van der Waals surface area contributed by atoms with E-state index in [1.165, 1.54) is 6.20 Å². The van der Waals surface area contributed by atoms with Crippen molar-refractivity contribution in [1.29, 1.82) is 0 Å². The van der Waals surface area contributed by atoms with E-state index in [9.17, 15) is 20.1 Å². The molecular weight excluding hydrogens is 300 g/mol. The van der Waals surface area contributed by atoms with Gasteiger partial charge in [-0.25, -0.2) is 4.68 Å². The number of aromatic nitrogens is 3. The van der Waals surface area contributed by atoms with Crippen molar-refractivity contribution in [3.8, 4) is 0 Å². The van der Waals surface area contributed by atoms with Gasteiger partial charge < -0.3 is 36.0 Å². The fraction of sp³-hybridized carbons (Fsp3) is 0.727. The number of rotatable bonds is 5. The molecule has 1 aliphatic heterocycles. The number of hydrogen-bond acceptors (Lipinski definition) is 9. The lowest BCUT2D eigenvalue weighted by molar-refractivity contribution is -0.254. The summed E-state index contributed by atoms with van der Waals surface area (Å²) in [5.74, 6) is -1.19. The number of carboxylic acid groups (broad SMARTS) is 1. The monoisotopic (exact) mass is 318 g/mol. The molecule has 0 spiro atoms. The van der Waals surface area contributed by atoms with E-state index in [2.05, 4.69) is 10.3 Å². The first kappa shape index (κ1) is 16.7. The van der Waals surface area contributed by atoms with E-state index < -0.39 is 49.3 Å². The molecule has 0 bridgehead atoms. The molecule has 6 atom stereocenters. The second kappa shape index (κ2) is 6.64. The SMILES string of the molecule is NC(Cc1cn([C@@H]2O[C@H](CO)[C@H](O)[C@H](O)[C@H]2O)nn1)C(=O)O. The summed E-state index contributed by atoms with van der Waals surface area (Å²) in [4.78, 5) is 10.7. The van der Waals surface area contributed by atoms with Crippen LogP contribution in [0.3, 0.4) is 0 Å². The van der Waals surface area contributed by atoms with Crippen LogP contribution in [0.5, 0.6) is 0 Å². The van der Waals surface area contributed by atoms with Crippen LogP contribution in [0.15, 0.2) is 6.20 Å². The molecule has 11 heteroatoms. The van der Waals surface area contributed by atoms with Crippen molar-refractivity contribution in [2.45, 2.75) is 43.1 Å². The van der Waals surface area contributed by atoms with Crippen LogP contribution in [0.25, 0.3) is 0 Å². The number of hydrogen-bond donors (Lipinski definition) is 6. The Hall–Kier alpha value is -1.63. The van der Waals surface area contributed by atoms with Crippen molar-refractivity contribution >= 4 is 5.97 Å². The van der Waals surface area contributed by atoms with E-state index in [1.807, 2.05) is 0 Å². The molecule has 2 heterocycles. The summed E-state index contributed by atoms with van der Waals surface area (Å²) in [7, 11) is 0. The molecule has 1 aromatic heterocycles. The van der Waals surface area contributed by atoms with Gasteiger partial charge in [0.05, 0.1) is 18.5 Å². The lowest BCUT2D eigenvalue weighted by atomic mass is 9.98. The van der Waals surface area contributed by atoms with E-state index >= 15 is 0 Å². The predicted octanol–water partition coefficient (Wildman–Crippen LogP) is -3.80. The van der Waals surface area contributed by atoms with Gasteiger partial charge in [0.15, 0.2) is 6.23 Å². The lowest BCUT2D eigenvalue weighted by Crippen LogP contribution is -2.56. The molecule has 0 saturated carbocycles. The van der Waals surface area contributed by atoms with Crippen molar-refractivity contribution in [1.82, 2.24) is 15.0 Å². The molecule has 22 heavy (non-hydrogen) atoms. The second-order valence-electron chi connectivity index (χ2n) is 5.06. The topological polar surface area (TPSA) is 184 Å². The molecule has 0 aromatic carbocycles. The lowest BCUT2D eigenvalue weighted by Gasteiger charge is -2.39. The highest BCUT2D eigenvalue weighted by molar-refractivity contribution is 5.73. The molecule has 0 radical (unpaired) electrons. The summed E-state index contributed by atoms with van der Waals surface area (Å²) >= 11 is 0. The average Bonchev–Trinajstić information content (AvgIpc) is 2.93. The van der Waals surface area contributed by atoms with E-state index in [0.29, 0.717) is 0 Å². The van der Waals surface area contributed by atoms with Crippen molar-refractivity contribution in [2.75, 3.05) is 6.61 Å². The van der Waals surface area contributed by atoms with E-state index in [-0.39, 0.29) is 12.1 Å². The van der Waals surface area contributed by atoms with Crippen LogP contribution in [0, 0.1) is 0 Å². The molecule has 1 aromatic rings. The van der Waals surface area contributed by atoms with Gasteiger partial charge in [-0.1, -0.05) is 5.21 Å². The Morgan fingerprint density at radius 1 is 1.36 bits per heavy atom. The van der Waals surface area contributed by atoms with Gasteiger partial charge in [-0.2, -0.15) is 0 Å². The Balaban J connectivity index is 2.13. The maximum atomic E-state index is 10.7. The van der Waals surface area contributed by atoms with Gasteiger partial charge in [-0.15, -0.1) is 5.10 Å². The Bertz CT molecular complexity index is 522. The van der Waals surface area contributed by atoms with Crippen molar-refractivity contribution in [2.24, 2.45) is 5.73 Å². The van der Waals surface area contributed by atoms with Gasteiger partial charge in [0.1, 0.15) is 30.5 Å². The molecule has 7 N–H and O–H groups in total. The van der Waals surface area contributed by atoms with Gasteiger partial charge in [0, 0.05) is 6.42 Å². The Labute approximate surface area is 124 Å². The Morgan fingerprint density at radius 2 is 2.05 bits per heavy atom. The molecular formula is C11H18N4O7. The molecule has 0 amide bonds. The minimum atomic E-state index is -1.54. The Kier molecular flexibility index (Phi) is 5.05. The maximum Gasteiger partial charge on any atom is 0.320 e. The Morgan fingerprint density at radius 3 is 2.64 bits per heavy atom. The smallest absolute Gasteiger partial charge is 0.320 e. The van der Waals surface area contributed by atoms with Crippen LogP contribution in [0.4, 0.5) is 0 Å². The van der Waals surface area contributed by atoms with Crippen LogP contribution in [0.1, 0.15) is 11.9 Å². The van der Waals surface area contributed by atoms with Crippen molar-refractivity contribution in [3.63, 3.8) is 0 Å². The van der Waals surface area contributed by atoms with Crippen molar-refractivity contribution in [3.05, 3.63) is 11.9 Å². The molecule has 1 saturated heterocycles. The third kappa shape index (κ3) is 3.24. The van der Waals surface area contributed by atoms with Crippen molar-refractivity contribution < 1.29 is 35.1 Å². The molecule has 2 rings (SSSR count). The van der Waals surface area contributed by atoms with Crippen LogP contribution < -0.4 is 5.73 Å². The minimum absolute atomic E-state index is 0.0766. The van der Waals surface area contributed by atoms with Gasteiger partial charge in [-0.05, 0) is 0 Å². The van der Waals surface area contributed by atoms with E-state index in [1.54, 1.807) is 0 Å². The first-order valence-electron chi connectivity index (χ1n) is 6.54. The molecule has 1 aliphatic rings. The van der Waals surface area contributed by atoms with E-state index in [0.717, 1.165) is 4.68 Å². The molecule has 124 valence electrons. The summed E-state index contributed by atoms with van der Waals surface area (Å²) in [6.45, 7) is -0.563. The maximum absolute atomic E-state index is 10.7. The van der Waals surface area contributed by atoms with Gasteiger partial charge >= 0.3 is 5.97 Å². The highest BCUT2D eigenvalue weighted by Gasteiger charge is 2.44. The first-order chi connectivity index (χ1) is 10.3. The number of carboxylic acids is 1. The van der Waals surface area contributed by atoms with Crippen LogP contribution in [0.2, 0.25) is 0 Å². The third-order valence-corrected chi connectivity index (χ3v) is 3.43. The highest BCUT2D eigenvalue weighted by Crippen LogP contribution is 2.27. The number of aliphatic carboxylic acids is 1. The van der Waals surface area contributed by atoms with Gasteiger partial charge in [0.25, 0.3) is 0 Å². The molecule has 1 fully saturated rings. The molecule has 0 aliphatic carbocycles.